The predicted octanol–water partition coefficient (Wildman–Crippen LogP) is 1.56. The zero-order chi connectivity index (χ0) is 12.3. The topological polar surface area (TPSA) is 94.9 Å². The Labute approximate surface area is 97.3 Å². The van der Waals surface area contributed by atoms with Gasteiger partial charge in [0.15, 0.2) is 0 Å². The molecule has 0 aromatic carbocycles. The molecule has 2 aromatic rings. The van der Waals surface area contributed by atoms with Crippen molar-refractivity contribution in [2.45, 2.75) is 6.42 Å². The van der Waals surface area contributed by atoms with Crippen molar-refractivity contribution in [1.82, 2.24) is 9.97 Å². The van der Waals surface area contributed by atoms with Crippen LogP contribution in [0.25, 0.3) is 0 Å². The fraction of sp³-hybridized carbons (Fsp3) is 0.0909. The molecule has 0 aliphatic heterocycles. The maximum atomic E-state index is 10.7. The summed E-state index contributed by atoms with van der Waals surface area (Å²) in [4.78, 5) is 18.4. The lowest BCUT2D eigenvalue weighted by molar-refractivity contribution is -0.384. The van der Waals surface area contributed by atoms with Crippen LogP contribution in [0.5, 0.6) is 0 Å². The monoisotopic (exact) mass is 230 g/mol. The average Bonchev–Trinajstić information content (AvgIpc) is 2.29. The molecule has 2 heterocycles. The zero-order valence-electron chi connectivity index (χ0n) is 8.91. The van der Waals surface area contributed by atoms with Crippen LogP contribution in [0.1, 0.15) is 11.4 Å². The van der Waals surface area contributed by atoms with E-state index in [1.807, 2.05) is 12.1 Å². The van der Waals surface area contributed by atoms with Crippen LogP contribution in [-0.2, 0) is 6.42 Å². The molecule has 0 saturated carbocycles. The molecule has 0 unspecified atom stereocenters. The van der Waals surface area contributed by atoms with E-state index < -0.39 is 4.92 Å². The summed E-state index contributed by atoms with van der Waals surface area (Å²) in [6.07, 6.45) is 2.09. The van der Waals surface area contributed by atoms with Crippen molar-refractivity contribution in [3.05, 3.63) is 58.0 Å². The quantitative estimate of drug-likeness (QED) is 0.637. The van der Waals surface area contributed by atoms with E-state index in [2.05, 4.69) is 9.97 Å². The Bertz CT molecular complexity index is 542. The van der Waals surface area contributed by atoms with Crippen molar-refractivity contribution < 1.29 is 4.92 Å². The molecule has 0 bridgehead atoms. The third kappa shape index (κ3) is 2.75. The molecule has 0 radical (unpaired) electrons. The number of hydrogen-bond acceptors (Lipinski definition) is 5. The number of rotatable bonds is 3. The van der Waals surface area contributed by atoms with Crippen LogP contribution in [0, 0.1) is 10.1 Å². The molecule has 6 nitrogen and oxygen atoms in total. The smallest absolute Gasteiger partial charge is 0.274 e. The Morgan fingerprint density at radius 3 is 2.76 bits per heavy atom. The molecular formula is C11H10N4O2. The summed E-state index contributed by atoms with van der Waals surface area (Å²) < 4.78 is 0. The van der Waals surface area contributed by atoms with E-state index in [0.29, 0.717) is 12.1 Å². The number of anilines is 1. The maximum absolute atomic E-state index is 10.7. The van der Waals surface area contributed by atoms with Crippen molar-refractivity contribution in [3.8, 4) is 0 Å². The first-order chi connectivity index (χ1) is 8.15. The van der Waals surface area contributed by atoms with Gasteiger partial charge in [0.1, 0.15) is 5.82 Å². The number of hydrogen-bond donors (Lipinski definition) is 1. The number of aromatic nitrogens is 2. The minimum absolute atomic E-state index is 0.0524. The number of nitrogen functional groups attached to an aromatic ring is 1. The van der Waals surface area contributed by atoms with E-state index in [1.54, 1.807) is 12.3 Å². The number of nitrogens with two attached hydrogens (primary N) is 1. The summed E-state index contributed by atoms with van der Waals surface area (Å²) in [5, 5.41) is 10.7. The van der Waals surface area contributed by atoms with Gasteiger partial charge in [-0.25, -0.2) is 4.98 Å². The molecule has 2 N–H and O–H groups in total. The molecule has 86 valence electrons. The Morgan fingerprint density at radius 1 is 1.29 bits per heavy atom. The Morgan fingerprint density at radius 2 is 2.12 bits per heavy atom. The first-order valence-corrected chi connectivity index (χ1v) is 4.96. The van der Waals surface area contributed by atoms with Gasteiger partial charge in [0.2, 0.25) is 0 Å². The molecule has 0 aliphatic rings. The van der Waals surface area contributed by atoms with E-state index >= 15 is 0 Å². The third-order valence-corrected chi connectivity index (χ3v) is 2.18. The standard InChI is InChI=1S/C11H10N4O2/c12-11-7-10(15(16)17)6-9(14-11)5-8-3-1-2-4-13-8/h1-4,6-7H,5H2,(H2,12,14). The molecule has 6 heteroatoms. The van der Waals surface area contributed by atoms with Gasteiger partial charge in [-0.2, -0.15) is 0 Å². The van der Waals surface area contributed by atoms with Gasteiger partial charge in [0.05, 0.1) is 16.7 Å². The van der Waals surface area contributed by atoms with Crippen LogP contribution in [0.2, 0.25) is 0 Å². The lowest BCUT2D eigenvalue weighted by Gasteiger charge is -2.01. The fourth-order valence-corrected chi connectivity index (χ4v) is 1.48. The lowest BCUT2D eigenvalue weighted by Crippen LogP contribution is -2.00. The van der Waals surface area contributed by atoms with E-state index in [4.69, 9.17) is 5.73 Å². The normalized spacial score (nSPS) is 10.1. The molecule has 0 fully saturated rings. The first-order valence-electron chi connectivity index (χ1n) is 4.96. The SMILES string of the molecule is Nc1cc([N+](=O)[O-])cc(Cc2ccccn2)n1. The lowest BCUT2D eigenvalue weighted by atomic mass is 10.2. The van der Waals surface area contributed by atoms with Gasteiger partial charge in [-0.3, -0.25) is 15.1 Å². The van der Waals surface area contributed by atoms with Gasteiger partial charge >= 0.3 is 0 Å². The number of nitrogens with zero attached hydrogens (tertiary/aromatic N) is 3. The molecule has 2 aromatic heterocycles. The minimum Gasteiger partial charge on any atom is -0.383 e. The zero-order valence-corrected chi connectivity index (χ0v) is 8.91. The van der Waals surface area contributed by atoms with Gasteiger partial charge < -0.3 is 5.73 Å². The summed E-state index contributed by atoms with van der Waals surface area (Å²) in [5.74, 6) is 0.144. The molecule has 17 heavy (non-hydrogen) atoms. The molecule has 0 aliphatic carbocycles. The summed E-state index contributed by atoms with van der Waals surface area (Å²) in [5.41, 5.74) is 6.79. The molecule has 2 rings (SSSR count). The first kappa shape index (κ1) is 11.0. The minimum atomic E-state index is -0.486. The van der Waals surface area contributed by atoms with E-state index in [-0.39, 0.29) is 11.5 Å². The van der Waals surface area contributed by atoms with Gasteiger partial charge in [-0.1, -0.05) is 6.07 Å². The second-order valence-corrected chi connectivity index (χ2v) is 3.50. The highest BCUT2D eigenvalue weighted by Gasteiger charge is 2.10. The Balaban J connectivity index is 2.30. The second kappa shape index (κ2) is 4.56. The maximum Gasteiger partial charge on any atom is 0.274 e. The summed E-state index contributed by atoms with van der Waals surface area (Å²) in [6, 6.07) is 8.13. The van der Waals surface area contributed by atoms with Gasteiger partial charge in [0.25, 0.3) is 5.69 Å². The largest absolute Gasteiger partial charge is 0.383 e. The fourth-order valence-electron chi connectivity index (χ4n) is 1.48. The predicted molar refractivity (Wildman–Crippen MR) is 62.3 cm³/mol. The third-order valence-electron chi connectivity index (χ3n) is 2.18. The molecule has 0 spiro atoms. The van der Waals surface area contributed by atoms with E-state index in [1.165, 1.54) is 12.1 Å². The van der Waals surface area contributed by atoms with Crippen LogP contribution in [-0.4, -0.2) is 14.9 Å². The van der Waals surface area contributed by atoms with Crippen molar-refractivity contribution in [2.75, 3.05) is 5.73 Å². The highest BCUT2D eigenvalue weighted by molar-refractivity contribution is 5.43. The van der Waals surface area contributed by atoms with Crippen LogP contribution < -0.4 is 5.73 Å². The average molecular weight is 230 g/mol. The summed E-state index contributed by atoms with van der Waals surface area (Å²) in [6.45, 7) is 0. The van der Waals surface area contributed by atoms with Crippen LogP contribution in [0.15, 0.2) is 36.5 Å². The molecule has 0 saturated heterocycles. The second-order valence-electron chi connectivity index (χ2n) is 3.50. The van der Waals surface area contributed by atoms with E-state index in [0.717, 1.165) is 5.69 Å². The van der Waals surface area contributed by atoms with Crippen molar-refractivity contribution in [1.29, 1.82) is 0 Å². The van der Waals surface area contributed by atoms with Gasteiger partial charge in [-0.05, 0) is 12.1 Å². The summed E-state index contributed by atoms with van der Waals surface area (Å²) in [7, 11) is 0. The van der Waals surface area contributed by atoms with Gasteiger partial charge in [-0.15, -0.1) is 0 Å². The molecule has 0 amide bonds. The van der Waals surface area contributed by atoms with Crippen molar-refractivity contribution in [3.63, 3.8) is 0 Å². The summed E-state index contributed by atoms with van der Waals surface area (Å²) >= 11 is 0. The number of nitro groups is 1. The van der Waals surface area contributed by atoms with Crippen LogP contribution in [0.3, 0.4) is 0 Å². The highest BCUT2D eigenvalue weighted by Crippen LogP contribution is 2.17. The highest BCUT2D eigenvalue weighted by atomic mass is 16.6. The van der Waals surface area contributed by atoms with Crippen molar-refractivity contribution >= 4 is 11.5 Å². The molecule has 0 atom stereocenters. The van der Waals surface area contributed by atoms with Crippen molar-refractivity contribution in [2.24, 2.45) is 0 Å². The molecular weight excluding hydrogens is 220 g/mol. The van der Waals surface area contributed by atoms with Crippen LogP contribution in [0.4, 0.5) is 11.5 Å². The van der Waals surface area contributed by atoms with E-state index in [9.17, 15) is 10.1 Å². The van der Waals surface area contributed by atoms with Crippen LogP contribution >= 0.6 is 0 Å². The Hall–Kier alpha value is -2.50. The number of pyridine rings is 2. The Kier molecular flexibility index (Phi) is 2.95. The van der Waals surface area contributed by atoms with Gasteiger partial charge in [0, 0.05) is 24.4 Å².